The Kier molecular flexibility index (Phi) is 3.73. The molecule has 100 valence electrons. The SMILES string of the molecule is Cc1cc(CN2CC(C)OCC2C)oc1C(=O)O. The molecular formula is C13H19NO4. The van der Waals surface area contributed by atoms with E-state index in [0.29, 0.717) is 30.5 Å². The topological polar surface area (TPSA) is 62.9 Å². The number of carboxylic acids is 1. The Hall–Kier alpha value is -1.33. The van der Waals surface area contributed by atoms with Crippen molar-refractivity contribution in [3.05, 3.63) is 23.2 Å². The summed E-state index contributed by atoms with van der Waals surface area (Å²) in [6, 6.07) is 2.12. The fourth-order valence-corrected chi connectivity index (χ4v) is 2.23. The molecule has 1 fully saturated rings. The van der Waals surface area contributed by atoms with Crippen LogP contribution in [0.1, 0.15) is 35.7 Å². The Morgan fingerprint density at radius 2 is 2.28 bits per heavy atom. The van der Waals surface area contributed by atoms with Crippen LogP contribution in [0.3, 0.4) is 0 Å². The second kappa shape index (κ2) is 5.12. The van der Waals surface area contributed by atoms with Crippen molar-refractivity contribution in [2.45, 2.75) is 39.5 Å². The lowest BCUT2D eigenvalue weighted by Gasteiger charge is -2.36. The summed E-state index contributed by atoms with van der Waals surface area (Å²) in [6.07, 6.45) is 0.205. The molecule has 1 aromatic rings. The van der Waals surface area contributed by atoms with E-state index in [1.807, 2.05) is 6.92 Å². The summed E-state index contributed by atoms with van der Waals surface area (Å²) in [4.78, 5) is 13.2. The Morgan fingerprint density at radius 3 is 2.89 bits per heavy atom. The third kappa shape index (κ3) is 2.73. The molecule has 2 rings (SSSR count). The zero-order valence-corrected chi connectivity index (χ0v) is 11.0. The van der Waals surface area contributed by atoms with Gasteiger partial charge in [0.05, 0.1) is 19.3 Å². The van der Waals surface area contributed by atoms with Gasteiger partial charge in [-0.05, 0) is 26.8 Å². The summed E-state index contributed by atoms with van der Waals surface area (Å²) in [5.74, 6) is -0.271. The average molecular weight is 253 g/mol. The van der Waals surface area contributed by atoms with Gasteiger partial charge in [0, 0.05) is 18.2 Å². The van der Waals surface area contributed by atoms with Gasteiger partial charge in [-0.3, -0.25) is 4.90 Å². The number of hydrogen-bond acceptors (Lipinski definition) is 4. The van der Waals surface area contributed by atoms with Crippen LogP contribution in [-0.4, -0.2) is 41.3 Å². The number of morpholine rings is 1. The van der Waals surface area contributed by atoms with Crippen LogP contribution in [0.15, 0.2) is 10.5 Å². The molecule has 1 aliphatic rings. The summed E-state index contributed by atoms with van der Waals surface area (Å²) in [7, 11) is 0. The van der Waals surface area contributed by atoms with E-state index in [0.717, 1.165) is 6.54 Å². The normalized spacial score (nSPS) is 25.3. The highest BCUT2D eigenvalue weighted by atomic mass is 16.5. The number of nitrogens with zero attached hydrogens (tertiary/aromatic N) is 1. The molecule has 1 saturated heterocycles. The molecule has 0 aliphatic carbocycles. The van der Waals surface area contributed by atoms with E-state index in [2.05, 4.69) is 11.8 Å². The molecule has 0 spiro atoms. The highest BCUT2D eigenvalue weighted by Crippen LogP contribution is 2.19. The first-order chi connectivity index (χ1) is 8.47. The molecule has 1 aliphatic heterocycles. The van der Waals surface area contributed by atoms with Gasteiger partial charge in [-0.1, -0.05) is 0 Å². The van der Waals surface area contributed by atoms with Gasteiger partial charge < -0.3 is 14.3 Å². The van der Waals surface area contributed by atoms with Gasteiger partial charge in [0.1, 0.15) is 5.76 Å². The predicted molar refractivity (Wildman–Crippen MR) is 65.7 cm³/mol. The monoisotopic (exact) mass is 253 g/mol. The van der Waals surface area contributed by atoms with Crippen molar-refractivity contribution in [1.82, 2.24) is 4.90 Å². The van der Waals surface area contributed by atoms with Crippen molar-refractivity contribution >= 4 is 5.97 Å². The molecule has 5 heteroatoms. The summed E-state index contributed by atoms with van der Waals surface area (Å²) in [5.41, 5.74) is 0.673. The number of rotatable bonds is 3. The molecule has 0 bridgehead atoms. The molecule has 0 amide bonds. The van der Waals surface area contributed by atoms with Crippen molar-refractivity contribution < 1.29 is 19.1 Å². The van der Waals surface area contributed by atoms with Gasteiger partial charge in [0.25, 0.3) is 0 Å². The van der Waals surface area contributed by atoms with Crippen LogP contribution in [0.5, 0.6) is 0 Å². The highest BCUT2D eigenvalue weighted by molar-refractivity contribution is 5.86. The van der Waals surface area contributed by atoms with Crippen LogP contribution in [-0.2, 0) is 11.3 Å². The maximum atomic E-state index is 10.9. The third-order valence-electron chi connectivity index (χ3n) is 3.26. The van der Waals surface area contributed by atoms with Crippen LogP contribution < -0.4 is 0 Å². The van der Waals surface area contributed by atoms with Crippen molar-refractivity contribution in [1.29, 1.82) is 0 Å². The molecule has 1 aromatic heterocycles. The van der Waals surface area contributed by atoms with Crippen LogP contribution in [0.2, 0.25) is 0 Å². The van der Waals surface area contributed by atoms with E-state index in [4.69, 9.17) is 14.3 Å². The maximum Gasteiger partial charge on any atom is 0.372 e. The zero-order valence-electron chi connectivity index (χ0n) is 11.0. The standard InChI is InChI=1S/C13H19NO4/c1-8-4-11(18-12(8)13(15)16)6-14-5-10(3)17-7-9(14)2/h4,9-10H,5-7H2,1-3H3,(H,15,16). The largest absolute Gasteiger partial charge is 0.475 e. The van der Waals surface area contributed by atoms with Crippen molar-refractivity contribution in [3.8, 4) is 0 Å². The van der Waals surface area contributed by atoms with Crippen LogP contribution in [0.4, 0.5) is 0 Å². The lowest BCUT2D eigenvalue weighted by molar-refractivity contribution is -0.0546. The lowest BCUT2D eigenvalue weighted by Crippen LogP contribution is -2.46. The predicted octanol–water partition coefficient (Wildman–Crippen LogP) is 1.90. The summed E-state index contributed by atoms with van der Waals surface area (Å²) < 4.78 is 10.9. The first-order valence-electron chi connectivity index (χ1n) is 6.15. The molecule has 18 heavy (non-hydrogen) atoms. The number of carbonyl (C=O) groups is 1. The molecule has 0 aromatic carbocycles. The minimum Gasteiger partial charge on any atom is -0.475 e. The van der Waals surface area contributed by atoms with E-state index < -0.39 is 5.97 Å². The molecule has 2 unspecified atom stereocenters. The number of furan rings is 1. The quantitative estimate of drug-likeness (QED) is 0.891. The number of hydrogen-bond donors (Lipinski definition) is 1. The molecule has 0 saturated carbocycles. The van der Waals surface area contributed by atoms with Crippen LogP contribution in [0.25, 0.3) is 0 Å². The fourth-order valence-electron chi connectivity index (χ4n) is 2.23. The fraction of sp³-hybridized carbons (Fsp3) is 0.615. The van der Waals surface area contributed by atoms with E-state index >= 15 is 0 Å². The average Bonchev–Trinajstić information content (AvgIpc) is 2.65. The molecule has 0 radical (unpaired) electrons. The van der Waals surface area contributed by atoms with Gasteiger partial charge in [-0.2, -0.15) is 0 Å². The van der Waals surface area contributed by atoms with Gasteiger partial charge in [0.15, 0.2) is 0 Å². The highest BCUT2D eigenvalue weighted by Gasteiger charge is 2.25. The van der Waals surface area contributed by atoms with E-state index in [-0.39, 0.29) is 11.9 Å². The van der Waals surface area contributed by atoms with Crippen molar-refractivity contribution in [2.24, 2.45) is 0 Å². The Balaban J connectivity index is 2.08. The molecule has 1 N–H and O–H groups in total. The first kappa shape index (κ1) is 13.1. The van der Waals surface area contributed by atoms with Gasteiger partial charge >= 0.3 is 5.97 Å². The van der Waals surface area contributed by atoms with Gasteiger partial charge in [-0.25, -0.2) is 4.79 Å². The molecule has 2 heterocycles. The van der Waals surface area contributed by atoms with Crippen LogP contribution in [0, 0.1) is 6.92 Å². The smallest absolute Gasteiger partial charge is 0.372 e. The minimum atomic E-state index is -1.01. The summed E-state index contributed by atoms with van der Waals surface area (Å²) in [5, 5.41) is 8.95. The van der Waals surface area contributed by atoms with Gasteiger partial charge in [-0.15, -0.1) is 0 Å². The number of aromatic carboxylic acids is 1. The zero-order chi connectivity index (χ0) is 13.3. The Labute approximate surface area is 106 Å². The van der Waals surface area contributed by atoms with E-state index in [1.165, 1.54) is 0 Å². The number of aryl methyl sites for hydroxylation is 1. The van der Waals surface area contributed by atoms with Gasteiger partial charge in [0.2, 0.25) is 5.76 Å². The van der Waals surface area contributed by atoms with E-state index in [1.54, 1.807) is 13.0 Å². The molecular weight excluding hydrogens is 234 g/mol. The molecule has 2 atom stereocenters. The number of carboxylic acid groups (broad SMARTS) is 1. The van der Waals surface area contributed by atoms with Crippen molar-refractivity contribution in [3.63, 3.8) is 0 Å². The minimum absolute atomic E-state index is 0.0407. The Morgan fingerprint density at radius 1 is 1.56 bits per heavy atom. The summed E-state index contributed by atoms with van der Waals surface area (Å²) >= 11 is 0. The third-order valence-corrected chi connectivity index (χ3v) is 3.26. The summed E-state index contributed by atoms with van der Waals surface area (Å²) in [6.45, 7) is 8.05. The Bertz CT molecular complexity index is 440. The lowest BCUT2D eigenvalue weighted by atomic mass is 10.2. The molecule has 5 nitrogen and oxygen atoms in total. The second-order valence-electron chi connectivity index (χ2n) is 4.95. The van der Waals surface area contributed by atoms with E-state index in [9.17, 15) is 4.79 Å². The second-order valence-corrected chi connectivity index (χ2v) is 4.95. The number of ether oxygens (including phenoxy) is 1. The van der Waals surface area contributed by atoms with Crippen LogP contribution >= 0.6 is 0 Å². The van der Waals surface area contributed by atoms with Crippen molar-refractivity contribution in [2.75, 3.05) is 13.2 Å². The maximum absolute atomic E-state index is 10.9. The first-order valence-corrected chi connectivity index (χ1v) is 6.15.